The van der Waals surface area contributed by atoms with Crippen LogP contribution in [-0.2, 0) is 0 Å². The first-order valence-electron chi connectivity index (χ1n) is 6.81. The lowest BCUT2D eigenvalue weighted by molar-refractivity contribution is 0.476. The first kappa shape index (κ1) is 14.1. The van der Waals surface area contributed by atoms with Gasteiger partial charge in [0.25, 0.3) is 0 Å². The Morgan fingerprint density at radius 3 is 2.57 bits per heavy atom. The summed E-state index contributed by atoms with van der Waals surface area (Å²) in [6, 6.07) is 13.8. The average Bonchev–Trinajstić information content (AvgIpc) is 2.89. The Balaban J connectivity index is 2.09. The standard InChI is InChI=1S/C17H17ClN2O/c1-10-4-3-5-13-9-15(21-17(10)13)16(20-19)12-6-7-14(18)11(2)8-12/h3-9,16,20H,19H2,1-2H3. The van der Waals surface area contributed by atoms with E-state index in [2.05, 4.69) is 5.43 Å². The molecule has 1 atom stereocenters. The van der Waals surface area contributed by atoms with Crippen molar-refractivity contribution < 1.29 is 4.42 Å². The Hall–Kier alpha value is -1.81. The zero-order valence-corrected chi connectivity index (χ0v) is 12.7. The van der Waals surface area contributed by atoms with Crippen LogP contribution in [0.4, 0.5) is 0 Å². The molecule has 108 valence electrons. The molecule has 0 radical (unpaired) electrons. The number of nitrogens with one attached hydrogen (secondary N) is 1. The summed E-state index contributed by atoms with van der Waals surface area (Å²) in [7, 11) is 0. The number of rotatable bonds is 3. The highest BCUT2D eigenvalue weighted by atomic mass is 35.5. The van der Waals surface area contributed by atoms with Crippen LogP contribution >= 0.6 is 11.6 Å². The Labute approximate surface area is 128 Å². The molecular weight excluding hydrogens is 284 g/mol. The molecule has 2 aromatic carbocycles. The second-order valence-electron chi connectivity index (χ2n) is 5.25. The number of benzene rings is 2. The first-order chi connectivity index (χ1) is 10.1. The topological polar surface area (TPSA) is 51.2 Å². The highest BCUT2D eigenvalue weighted by Gasteiger charge is 2.18. The smallest absolute Gasteiger partial charge is 0.137 e. The van der Waals surface area contributed by atoms with Gasteiger partial charge in [-0.05, 0) is 42.7 Å². The predicted octanol–water partition coefficient (Wildman–Crippen LogP) is 4.26. The van der Waals surface area contributed by atoms with Gasteiger partial charge in [-0.2, -0.15) is 0 Å². The van der Waals surface area contributed by atoms with Crippen molar-refractivity contribution in [1.29, 1.82) is 0 Å². The second-order valence-corrected chi connectivity index (χ2v) is 5.66. The lowest BCUT2D eigenvalue weighted by Crippen LogP contribution is -2.28. The highest BCUT2D eigenvalue weighted by molar-refractivity contribution is 6.31. The predicted molar refractivity (Wildman–Crippen MR) is 86.3 cm³/mol. The van der Waals surface area contributed by atoms with Crippen LogP contribution in [0.3, 0.4) is 0 Å². The van der Waals surface area contributed by atoms with Gasteiger partial charge in [-0.25, -0.2) is 5.43 Å². The SMILES string of the molecule is Cc1cc(C(NN)c2cc3cccc(C)c3o2)ccc1Cl. The molecule has 21 heavy (non-hydrogen) atoms. The van der Waals surface area contributed by atoms with Crippen LogP contribution in [0.25, 0.3) is 11.0 Å². The van der Waals surface area contributed by atoms with Crippen molar-refractivity contribution in [1.82, 2.24) is 5.43 Å². The first-order valence-corrected chi connectivity index (χ1v) is 7.19. The monoisotopic (exact) mass is 300 g/mol. The average molecular weight is 301 g/mol. The Morgan fingerprint density at radius 2 is 1.90 bits per heavy atom. The minimum Gasteiger partial charge on any atom is -0.459 e. The third-order valence-corrected chi connectivity index (χ3v) is 4.15. The highest BCUT2D eigenvalue weighted by Crippen LogP contribution is 2.30. The van der Waals surface area contributed by atoms with E-state index in [1.807, 2.05) is 56.3 Å². The number of fused-ring (bicyclic) bond motifs is 1. The van der Waals surface area contributed by atoms with Crippen molar-refractivity contribution in [3.8, 4) is 0 Å². The largest absolute Gasteiger partial charge is 0.459 e. The van der Waals surface area contributed by atoms with E-state index in [9.17, 15) is 0 Å². The molecule has 0 aliphatic rings. The molecule has 1 heterocycles. The summed E-state index contributed by atoms with van der Waals surface area (Å²) in [6.45, 7) is 4.01. The molecule has 0 aliphatic heterocycles. The van der Waals surface area contributed by atoms with E-state index < -0.39 is 0 Å². The minimum atomic E-state index is -0.201. The molecule has 3 N–H and O–H groups in total. The van der Waals surface area contributed by atoms with Gasteiger partial charge in [0.2, 0.25) is 0 Å². The molecule has 4 heteroatoms. The van der Waals surface area contributed by atoms with E-state index in [0.29, 0.717) is 0 Å². The Bertz CT molecular complexity index is 795. The van der Waals surface area contributed by atoms with Crippen LogP contribution in [0.2, 0.25) is 5.02 Å². The van der Waals surface area contributed by atoms with Crippen molar-refractivity contribution in [2.75, 3.05) is 0 Å². The van der Waals surface area contributed by atoms with Crippen LogP contribution in [0, 0.1) is 13.8 Å². The second kappa shape index (κ2) is 5.53. The molecule has 0 saturated heterocycles. The van der Waals surface area contributed by atoms with Crippen molar-refractivity contribution >= 4 is 22.6 Å². The molecular formula is C17H17ClN2O. The van der Waals surface area contributed by atoms with Crippen molar-refractivity contribution in [2.24, 2.45) is 5.84 Å². The number of hydrazine groups is 1. The van der Waals surface area contributed by atoms with E-state index >= 15 is 0 Å². The fourth-order valence-corrected chi connectivity index (χ4v) is 2.68. The molecule has 0 spiro atoms. The van der Waals surface area contributed by atoms with Gasteiger partial charge in [0, 0.05) is 10.4 Å². The summed E-state index contributed by atoms with van der Waals surface area (Å²) in [5.74, 6) is 6.54. The van der Waals surface area contributed by atoms with Crippen LogP contribution < -0.4 is 11.3 Å². The number of hydrogen-bond acceptors (Lipinski definition) is 3. The molecule has 0 fully saturated rings. The molecule has 3 aromatic rings. The van der Waals surface area contributed by atoms with Gasteiger partial charge in [0.05, 0.1) is 0 Å². The summed E-state index contributed by atoms with van der Waals surface area (Å²) in [5.41, 5.74) is 6.88. The van der Waals surface area contributed by atoms with E-state index in [1.54, 1.807) is 0 Å². The fraction of sp³-hybridized carbons (Fsp3) is 0.176. The van der Waals surface area contributed by atoms with Crippen LogP contribution in [0.15, 0.2) is 46.9 Å². The molecule has 0 aliphatic carbocycles. The summed E-state index contributed by atoms with van der Waals surface area (Å²) in [6.07, 6.45) is 0. The lowest BCUT2D eigenvalue weighted by atomic mass is 10.0. The summed E-state index contributed by atoms with van der Waals surface area (Å²) < 4.78 is 6.00. The third-order valence-electron chi connectivity index (χ3n) is 3.73. The minimum absolute atomic E-state index is 0.201. The maximum absolute atomic E-state index is 6.08. The molecule has 3 nitrogen and oxygen atoms in total. The van der Waals surface area contributed by atoms with E-state index in [0.717, 1.165) is 38.4 Å². The van der Waals surface area contributed by atoms with Gasteiger partial charge in [0.15, 0.2) is 0 Å². The molecule has 3 rings (SSSR count). The van der Waals surface area contributed by atoms with Gasteiger partial charge in [-0.1, -0.05) is 41.9 Å². The van der Waals surface area contributed by atoms with E-state index in [1.165, 1.54) is 0 Å². The number of aryl methyl sites for hydroxylation is 2. The molecule has 0 saturated carbocycles. The van der Waals surface area contributed by atoms with Gasteiger partial charge in [-0.15, -0.1) is 0 Å². The van der Waals surface area contributed by atoms with Crippen molar-refractivity contribution in [2.45, 2.75) is 19.9 Å². The number of nitrogens with two attached hydrogens (primary N) is 1. The Morgan fingerprint density at radius 1 is 1.10 bits per heavy atom. The Kier molecular flexibility index (Phi) is 3.72. The molecule has 0 bridgehead atoms. The molecule has 1 unspecified atom stereocenters. The van der Waals surface area contributed by atoms with Crippen LogP contribution in [-0.4, -0.2) is 0 Å². The van der Waals surface area contributed by atoms with Gasteiger partial charge < -0.3 is 4.42 Å². The summed E-state index contributed by atoms with van der Waals surface area (Å²) in [4.78, 5) is 0. The van der Waals surface area contributed by atoms with Gasteiger partial charge in [0.1, 0.15) is 17.4 Å². The van der Waals surface area contributed by atoms with E-state index in [4.69, 9.17) is 21.9 Å². The summed E-state index contributed by atoms with van der Waals surface area (Å²) >= 11 is 6.08. The maximum Gasteiger partial charge on any atom is 0.137 e. The number of furan rings is 1. The third kappa shape index (κ3) is 2.56. The van der Waals surface area contributed by atoms with Crippen LogP contribution in [0.1, 0.15) is 28.5 Å². The van der Waals surface area contributed by atoms with Gasteiger partial charge in [-0.3, -0.25) is 5.84 Å². The number of hydrogen-bond donors (Lipinski definition) is 2. The van der Waals surface area contributed by atoms with E-state index in [-0.39, 0.29) is 6.04 Å². The number of halogens is 1. The zero-order valence-electron chi connectivity index (χ0n) is 12.0. The lowest BCUT2D eigenvalue weighted by Gasteiger charge is -2.14. The molecule has 0 amide bonds. The van der Waals surface area contributed by atoms with Crippen molar-refractivity contribution in [3.63, 3.8) is 0 Å². The van der Waals surface area contributed by atoms with Crippen molar-refractivity contribution in [3.05, 3.63) is 69.9 Å². The van der Waals surface area contributed by atoms with Crippen LogP contribution in [0.5, 0.6) is 0 Å². The number of para-hydroxylation sites is 1. The maximum atomic E-state index is 6.08. The fourth-order valence-electron chi connectivity index (χ4n) is 2.56. The normalized spacial score (nSPS) is 12.8. The quantitative estimate of drug-likeness (QED) is 0.561. The molecule has 1 aromatic heterocycles. The summed E-state index contributed by atoms with van der Waals surface area (Å²) in [5, 5.41) is 1.82. The van der Waals surface area contributed by atoms with Gasteiger partial charge >= 0.3 is 0 Å². The zero-order chi connectivity index (χ0) is 15.0.